The van der Waals surface area contributed by atoms with Gasteiger partial charge in [0.2, 0.25) is 0 Å². The minimum atomic E-state index is -1.13. The topological polar surface area (TPSA) is 89.2 Å². The Balaban J connectivity index is 2.86. The molecule has 1 rings (SSSR count). The van der Waals surface area contributed by atoms with Crippen LogP contribution in [0.3, 0.4) is 0 Å². The Morgan fingerprint density at radius 3 is 2.69 bits per heavy atom. The fourth-order valence-corrected chi connectivity index (χ4v) is 1.68. The summed E-state index contributed by atoms with van der Waals surface area (Å²) in [5, 5.41) is 23.0. The Hall–Kier alpha value is -1.26. The average molecular weight is 242 g/mol. The zero-order chi connectivity index (χ0) is 12.1. The van der Waals surface area contributed by atoms with Crippen LogP contribution in [0.25, 0.3) is 10.4 Å². The van der Waals surface area contributed by atoms with Crippen molar-refractivity contribution in [3.63, 3.8) is 0 Å². The molecular weight excluding hydrogens is 230 g/mol. The van der Waals surface area contributed by atoms with Crippen molar-refractivity contribution in [3.05, 3.63) is 44.8 Å². The monoisotopic (exact) mass is 241 g/mol. The standard InChI is InChI=1S/C10H12ClN3O2/c1-6-2-7(4-8(11)3-6)10(16)9(15)5-13-14-12/h2-4,9-10,15-16H,5H2,1H3. The van der Waals surface area contributed by atoms with Crippen LogP contribution in [0.4, 0.5) is 0 Å². The van der Waals surface area contributed by atoms with E-state index in [0.29, 0.717) is 10.6 Å². The van der Waals surface area contributed by atoms with Crippen LogP contribution in [-0.2, 0) is 0 Å². The number of halogens is 1. The highest BCUT2D eigenvalue weighted by molar-refractivity contribution is 6.30. The van der Waals surface area contributed by atoms with Crippen molar-refractivity contribution in [3.8, 4) is 0 Å². The van der Waals surface area contributed by atoms with Crippen molar-refractivity contribution in [1.29, 1.82) is 0 Å². The second kappa shape index (κ2) is 5.72. The van der Waals surface area contributed by atoms with Crippen molar-refractivity contribution in [2.45, 2.75) is 19.1 Å². The van der Waals surface area contributed by atoms with Crippen molar-refractivity contribution in [2.75, 3.05) is 6.54 Å². The lowest BCUT2D eigenvalue weighted by Gasteiger charge is -2.16. The zero-order valence-corrected chi connectivity index (χ0v) is 9.46. The van der Waals surface area contributed by atoms with Gasteiger partial charge in [-0.2, -0.15) is 0 Å². The summed E-state index contributed by atoms with van der Waals surface area (Å²) in [5.74, 6) is 0. The molecule has 0 heterocycles. The second-order valence-electron chi connectivity index (χ2n) is 3.49. The van der Waals surface area contributed by atoms with Gasteiger partial charge in [0.25, 0.3) is 0 Å². The molecule has 0 aromatic heterocycles. The van der Waals surface area contributed by atoms with Gasteiger partial charge in [-0.25, -0.2) is 0 Å². The van der Waals surface area contributed by atoms with Crippen molar-refractivity contribution < 1.29 is 10.2 Å². The van der Waals surface area contributed by atoms with E-state index in [1.54, 1.807) is 18.2 Å². The molecule has 0 saturated carbocycles. The molecule has 0 amide bonds. The van der Waals surface area contributed by atoms with Gasteiger partial charge in [-0.3, -0.25) is 0 Å². The van der Waals surface area contributed by atoms with E-state index in [1.807, 2.05) is 6.92 Å². The lowest BCUT2D eigenvalue weighted by Crippen LogP contribution is -2.21. The number of rotatable bonds is 4. The Kier molecular flexibility index (Phi) is 4.58. The minimum absolute atomic E-state index is 0.177. The first-order valence-electron chi connectivity index (χ1n) is 4.68. The fourth-order valence-electron chi connectivity index (χ4n) is 1.38. The highest BCUT2D eigenvalue weighted by Gasteiger charge is 2.18. The van der Waals surface area contributed by atoms with Crippen LogP contribution in [0.2, 0.25) is 5.02 Å². The summed E-state index contributed by atoms with van der Waals surface area (Å²) in [7, 11) is 0. The van der Waals surface area contributed by atoms with Crippen LogP contribution >= 0.6 is 11.6 Å². The summed E-state index contributed by atoms with van der Waals surface area (Å²) in [4.78, 5) is 2.51. The summed E-state index contributed by atoms with van der Waals surface area (Å²) in [6.45, 7) is 1.66. The molecule has 1 aromatic rings. The van der Waals surface area contributed by atoms with Gasteiger partial charge >= 0.3 is 0 Å². The molecule has 0 fully saturated rings. The molecule has 2 N–H and O–H groups in total. The number of aliphatic hydroxyl groups excluding tert-OH is 2. The predicted octanol–water partition coefficient (Wildman–Crippen LogP) is 2.35. The van der Waals surface area contributed by atoms with E-state index in [9.17, 15) is 10.2 Å². The third-order valence-corrected chi connectivity index (χ3v) is 2.32. The normalized spacial score (nSPS) is 14.0. The maximum Gasteiger partial charge on any atom is 0.105 e. The van der Waals surface area contributed by atoms with E-state index in [2.05, 4.69) is 10.0 Å². The second-order valence-corrected chi connectivity index (χ2v) is 3.92. The Morgan fingerprint density at radius 1 is 1.44 bits per heavy atom. The molecule has 0 spiro atoms. The maximum atomic E-state index is 9.77. The SMILES string of the molecule is Cc1cc(Cl)cc(C(O)C(O)CN=[N+]=[N-])c1. The van der Waals surface area contributed by atoms with E-state index in [0.717, 1.165) is 5.56 Å². The molecule has 86 valence electrons. The summed E-state index contributed by atoms with van der Waals surface area (Å²) >= 11 is 5.83. The van der Waals surface area contributed by atoms with Gasteiger partial charge in [0, 0.05) is 9.93 Å². The molecule has 0 aliphatic carbocycles. The molecule has 2 atom stereocenters. The molecule has 0 aliphatic rings. The van der Waals surface area contributed by atoms with Gasteiger partial charge in [0.15, 0.2) is 0 Å². The number of azide groups is 1. The lowest BCUT2D eigenvalue weighted by atomic mass is 10.0. The summed E-state index contributed by atoms with van der Waals surface area (Å²) in [6.07, 6.45) is -2.24. The lowest BCUT2D eigenvalue weighted by molar-refractivity contribution is 0.0244. The summed E-state index contributed by atoms with van der Waals surface area (Å²) in [6, 6.07) is 5.03. The Bertz CT molecular complexity index is 398. The number of benzene rings is 1. The van der Waals surface area contributed by atoms with Gasteiger partial charge in [-0.05, 0) is 35.7 Å². The molecule has 16 heavy (non-hydrogen) atoms. The number of hydrogen-bond donors (Lipinski definition) is 2. The van der Waals surface area contributed by atoms with Crippen LogP contribution in [-0.4, -0.2) is 22.9 Å². The minimum Gasteiger partial charge on any atom is -0.390 e. The molecule has 1 aromatic carbocycles. The number of hydrogen-bond acceptors (Lipinski definition) is 3. The molecule has 2 unspecified atom stereocenters. The summed E-state index contributed by atoms with van der Waals surface area (Å²) in [5.41, 5.74) is 9.49. The first-order chi connectivity index (χ1) is 7.54. The summed E-state index contributed by atoms with van der Waals surface area (Å²) < 4.78 is 0. The number of nitrogens with zero attached hydrogens (tertiary/aromatic N) is 3. The van der Waals surface area contributed by atoms with Crippen molar-refractivity contribution in [1.82, 2.24) is 0 Å². The van der Waals surface area contributed by atoms with Crippen LogP contribution in [0, 0.1) is 6.92 Å². The molecule has 0 saturated heterocycles. The van der Waals surface area contributed by atoms with Crippen molar-refractivity contribution >= 4 is 11.6 Å². The predicted molar refractivity (Wildman–Crippen MR) is 61.2 cm³/mol. The largest absolute Gasteiger partial charge is 0.390 e. The highest BCUT2D eigenvalue weighted by atomic mass is 35.5. The van der Waals surface area contributed by atoms with Gasteiger partial charge in [0.1, 0.15) is 6.10 Å². The average Bonchev–Trinajstić information content (AvgIpc) is 2.23. The van der Waals surface area contributed by atoms with E-state index in [-0.39, 0.29) is 6.54 Å². The van der Waals surface area contributed by atoms with E-state index in [1.165, 1.54) is 0 Å². The van der Waals surface area contributed by atoms with Gasteiger partial charge in [-0.1, -0.05) is 22.8 Å². The van der Waals surface area contributed by atoms with Gasteiger partial charge in [-0.15, -0.1) is 0 Å². The number of aryl methyl sites for hydroxylation is 1. The first-order valence-corrected chi connectivity index (χ1v) is 5.06. The van der Waals surface area contributed by atoms with Crippen LogP contribution in [0.1, 0.15) is 17.2 Å². The van der Waals surface area contributed by atoms with Gasteiger partial charge < -0.3 is 10.2 Å². The highest BCUT2D eigenvalue weighted by Crippen LogP contribution is 2.22. The van der Waals surface area contributed by atoms with Gasteiger partial charge in [0.05, 0.1) is 12.6 Å². The van der Waals surface area contributed by atoms with Crippen LogP contribution in [0.15, 0.2) is 23.3 Å². The van der Waals surface area contributed by atoms with E-state index >= 15 is 0 Å². The third-order valence-electron chi connectivity index (χ3n) is 2.10. The quantitative estimate of drug-likeness (QED) is 0.481. The maximum absolute atomic E-state index is 9.77. The van der Waals surface area contributed by atoms with Crippen LogP contribution in [0.5, 0.6) is 0 Å². The molecular formula is C10H12ClN3O2. The fraction of sp³-hybridized carbons (Fsp3) is 0.400. The molecule has 5 nitrogen and oxygen atoms in total. The molecule has 0 radical (unpaired) electrons. The van der Waals surface area contributed by atoms with E-state index in [4.69, 9.17) is 17.1 Å². The molecule has 6 heteroatoms. The Labute approximate surface area is 97.9 Å². The molecule has 0 bridgehead atoms. The number of aliphatic hydroxyl groups is 2. The van der Waals surface area contributed by atoms with Crippen LogP contribution < -0.4 is 0 Å². The Morgan fingerprint density at radius 2 is 2.12 bits per heavy atom. The smallest absolute Gasteiger partial charge is 0.105 e. The van der Waals surface area contributed by atoms with Crippen molar-refractivity contribution in [2.24, 2.45) is 5.11 Å². The van der Waals surface area contributed by atoms with E-state index < -0.39 is 12.2 Å². The first kappa shape index (κ1) is 12.8. The zero-order valence-electron chi connectivity index (χ0n) is 8.71. The molecule has 0 aliphatic heterocycles. The third kappa shape index (κ3) is 3.40.